The van der Waals surface area contributed by atoms with E-state index in [2.05, 4.69) is 19.8 Å². The van der Waals surface area contributed by atoms with Gasteiger partial charge in [0.25, 0.3) is 5.09 Å². The van der Waals surface area contributed by atoms with Gasteiger partial charge >= 0.3 is 5.97 Å². The van der Waals surface area contributed by atoms with Gasteiger partial charge in [-0.15, -0.1) is 10.1 Å². The molecule has 0 aliphatic carbocycles. The van der Waals surface area contributed by atoms with Crippen LogP contribution in [0.3, 0.4) is 0 Å². The zero-order chi connectivity index (χ0) is 23.6. The summed E-state index contributed by atoms with van der Waals surface area (Å²) in [6.07, 6.45) is 2.33. The van der Waals surface area contributed by atoms with Gasteiger partial charge in [0.1, 0.15) is 5.75 Å². The van der Waals surface area contributed by atoms with Crippen molar-refractivity contribution in [1.29, 1.82) is 0 Å². The van der Waals surface area contributed by atoms with Crippen molar-refractivity contribution in [1.82, 2.24) is 15.0 Å². The first-order valence-electron chi connectivity index (χ1n) is 10.3. The average molecular weight is 477 g/mol. The summed E-state index contributed by atoms with van der Waals surface area (Å²) in [5.74, 6) is 0.364. The highest BCUT2D eigenvalue weighted by molar-refractivity contribution is 7.84. The normalized spacial score (nSPS) is 11.8. The number of rotatable bonds is 13. The molecular formula is C21H24N4O7S. The van der Waals surface area contributed by atoms with Crippen LogP contribution < -0.4 is 4.74 Å². The molecule has 1 aromatic carbocycles. The second-order valence-electron chi connectivity index (χ2n) is 7.01. The largest absolute Gasteiger partial charge is 0.493 e. The van der Waals surface area contributed by atoms with Crippen molar-refractivity contribution in [3.8, 4) is 5.75 Å². The smallest absolute Gasteiger partial charge is 0.305 e. The lowest BCUT2D eigenvalue weighted by Gasteiger charge is -2.12. The van der Waals surface area contributed by atoms with Crippen LogP contribution in [-0.4, -0.2) is 50.0 Å². The predicted octanol–water partition coefficient (Wildman–Crippen LogP) is 2.87. The second kappa shape index (κ2) is 11.9. The van der Waals surface area contributed by atoms with Crippen LogP contribution in [-0.2, 0) is 30.9 Å². The van der Waals surface area contributed by atoms with Crippen LogP contribution in [0.1, 0.15) is 30.5 Å². The van der Waals surface area contributed by atoms with Crippen LogP contribution >= 0.6 is 0 Å². The first kappa shape index (κ1) is 24.1. The van der Waals surface area contributed by atoms with Crippen LogP contribution in [0.4, 0.5) is 0 Å². The summed E-state index contributed by atoms with van der Waals surface area (Å²) in [7, 11) is -1.39. The summed E-state index contributed by atoms with van der Waals surface area (Å²) in [5, 5.41) is 9.53. The number of aromatic nitrogens is 3. The Kier molecular flexibility index (Phi) is 8.70. The fraction of sp³-hybridized carbons (Fsp3) is 0.381. The molecule has 2 aromatic heterocycles. The molecule has 0 fully saturated rings. The number of aromatic amines is 1. The molecule has 0 aliphatic rings. The molecular weight excluding hydrogens is 452 g/mol. The van der Waals surface area contributed by atoms with Gasteiger partial charge in [0.2, 0.25) is 0 Å². The fourth-order valence-corrected chi connectivity index (χ4v) is 4.05. The van der Waals surface area contributed by atoms with Gasteiger partial charge in [0.05, 0.1) is 53.1 Å². The van der Waals surface area contributed by atoms with Crippen LogP contribution in [0.2, 0.25) is 0 Å². The van der Waals surface area contributed by atoms with Crippen molar-refractivity contribution in [2.24, 2.45) is 0 Å². The number of para-hydroxylation sites is 2. The van der Waals surface area contributed by atoms with E-state index >= 15 is 0 Å². The first-order chi connectivity index (χ1) is 15.9. The molecule has 0 aliphatic heterocycles. The Morgan fingerprint density at radius 3 is 2.79 bits per heavy atom. The second-order valence-corrected chi connectivity index (χ2v) is 8.38. The molecule has 0 amide bonds. The number of benzene rings is 1. The van der Waals surface area contributed by atoms with Crippen molar-refractivity contribution in [3.05, 3.63) is 57.9 Å². The third-order valence-corrected chi connectivity index (χ3v) is 5.80. The van der Waals surface area contributed by atoms with Gasteiger partial charge in [-0.2, -0.15) is 0 Å². The molecule has 11 nitrogen and oxygen atoms in total. The minimum Gasteiger partial charge on any atom is -0.493 e. The molecule has 1 N–H and O–H groups in total. The Balaban J connectivity index is 1.43. The summed E-state index contributed by atoms with van der Waals surface area (Å²) in [6.45, 7) is 2.19. The number of esters is 1. The molecule has 12 heteroatoms. The van der Waals surface area contributed by atoms with Gasteiger partial charge in [-0.25, -0.2) is 4.98 Å². The highest BCUT2D eigenvalue weighted by Gasteiger charge is 2.15. The quantitative estimate of drug-likeness (QED) is 0.170. The highest BCUT2D eigenvalue weighted by Crippen LogP contribution is 2.22. The number of fused-ring (bicyclic) bond motifs is 1. The zero-order valence-electron chi connectivity index (χ0n) is 18.0. The van der Waals surface area contributed by atoms with Crippen molar-refractivity contribution >= 4 is 27.8 Å². The number of carbonyl (C=O) groups excluding carboxylic acids is 1. The van der Waals surface area contributed by atoms with Gasteiger partial charge in [-0.3, -0.25) is 14.0 Å². The standard InChI is InChI=1S/C21H24N4O7S/c1-15-18(14-33(29)21-23-16-6-2-3-7-17(16)24-21)22-10-9-19(15)30-11-5-12-31-20(26)8-4-13-32-25(27)28/h2-3,6-7,9-10H,4-5,8,11-14H2,1H3,(H,23,24). The number of carbonyl (C=O) groups is 1. The maximum atomic E-state index is 12.8. The van der Waals surface area contributed by atoms with Gasteiger partial charge < -0.3 is 19.3 Å². The lowest BCUT2D eigenvalue weighted by atomic mass is 10.2. The van der Waals surface area contributed by atoms with Crippen LogP contribution in [0.25, 0.3) is 11.0 Å². The number of hydrogen-bond donors (Lipinski definition) is 1. The minimum absolute atomic E-state index is 0.0455. The molecule has 1 unspecified atom stereocenters. The monoisotopic (exact) mass is 476 g/mol. The number of pyridine rings is 1. The SMILES string of the molecule is Cc1c(OCCCOC(=O)CCCO[N+](=O)[O-])ccnc1CS(=O)c1nc2ccccc2[nH]1. The van der Waals surface area contributed by atoms with Crippen molar-refractivity contribution < 1.29 is 28.4 Å². The Morgan fingerprint density at radius 2 is 2.00 bits per heavy atom. The van der Waals surface area contributed by atoms with E-state index in [-0.39, 0.29) is 31.8 Å². The van der Waals surface area contributed by atoms with Crippen LogP contribution in [0.5, 0.6) is 5.75 Å². The zero-order valence-corrected chi connectivity index (χ0v) is 18.8. The van der Waals surface area contributed by atoms with E-state index in [1.807, 2.05) is 31.2 Å². The molecule has 3 rings (SSSR count). The van der Waals surface area contributed by atoms with Crippen molar-refractivity contribution in [3.63, 3.8) is 0 Å². The van der Waals surface area contributed by atoms with Gasteiger partial charge in [0, 0.05) is 24.6 Å². The molecule has 0 bridgehead atoms. The summed E-state index contributed by atoms with van der Waals surface area (Å²) in [5.41, 5.74) is 3.01. The third kappa shape index (κ3) is 7.24. The number of nitrogens with zero attached hydrogens (tertiary/aromatic N) is 3. The van der Waals surface area contributed by atoms with Crippen molar-refractivity contribution in [2.45, 2.75) is 37.1 Å². The predicted molar refractivity (Wildman–Crippen MR) is 118 cm³/mol. The highest BCUT2D eigenvalue weighted by atomic mass is 32.2. The van der Waals surface area contributed by atoms with E-state index < -0.39 is 21.9 Å². The molecule has 0 spiro atoms. The molecule has 33 heavy (non-hydrogen) atoms. The van der Waals surface area contributed by atoms with Crippen LogP contribution in [0.15, 0.2) is 41.7 Å². The van der Waals surface area contributed by atoms with E-state index in [9.17, 15) is 19.1 Å². The maximum absolute atomic E-state index is 12.8. The van der Waals surface area contributed by atoms with E-state index in [0.717, 1.165) is 16.6 Å². The van der Waals surface area contributed by atoms with E-state index in [4.69, 9.17) is 9.47 Å². The molecule has 176 valence electrons. The van der Waals surface area contributed by atoms with E-state index in [1.54, 1.807) is 12.3 Å². The Morgan fingerprint density at radius 1 is 1.18 bits per heavy atom. The summed E-state index contributed by atoms with van der Waals surface area (Å²) in [6, 6.07) is 9.22. The maximum Gasteiger partial charge on any atom is 0.305 e. The molecule has 3 aromatic rings. The molecule has 2 heterocycles. The number of ether oxygens (including phenoxy) is 2. The van der Waals surface area contributed by atoms with Crippen molar-refractivity contribution in [2.75, 3.05) is 19.8 Å². The van der Waals surface area contributed by atoms with Gasteiger partial charge in [-0.1, -0.05) is 12.1 Å². The molecule has 1 atom stereocenters. The summed E-state index contributed by atoms with van der Waals surface area (Å²) < 4.78 is 23.6. The number of imidazole rings is 1. The summed E-state index contributed by atoms with van der Waals surface area (Å²) >= 11 is 0. The Hall–Kier alpha value is -3.54. The first-order valence-corrected chi connectivity index (χ1v) is 11.6. The average Bonchev–Trinajstić information content (AvgIpc) is 3.23. The van der Waals surface area contributed by atoms with Gasteiger partial charge in [-0.05, 0) is 31.5 Å². The Labute approximate surface area is 192 Å². The number of nitrogens with one attached hydrogen (secondary N) is 1. The lowest BCUT2D eigenvalue weighted by molar-refractivity contribution is -0.757. The minimum atomic E-state index is -1.39. The Bertz CT molecular complexity index is 1100. The molecule has 0 saturated heterocycles. The topological polar surface area (TPSA) is 147 Å². The van der Waals surface area contributed by atoms with E-state index in [0.29, 0.717) is 29.6 Å². The molecule has 0 radical (unpaired) electrons. The number of hydrogen-bond acceptors (Lipinski definition) is 9. The fourth-order valence-electron chi connectivity index (χ4n) is 2.95. The third-order valence-electron chi connectivity index (χ3n) is 4.64. The van der Waals surface area contributed by atoms with E-state index in [1.165, 1.54) is 0 Å². The molecule has 0 saturated carbocycles. The number of H-pyrrole nitrogens is 1. The van der Waals surface area contributed by atoms with Crippen LogP contribution in [0, 0.1) is 17.0 Å². The van der Waals surface area contributed by atoms with Gasteiger partial charge in [0.15, 0.2) is 5.16 Å². The summed E-state index contributed by atoms with van der Waals surface area (Å²) in [4.78, 5) is 37.5. The lowest BCUT2D eigenvalue weighted by Crippen LogP contribution is -2.11.